The summed E-state index contributed by atoms with van der Waals surface area (Å²) in [5.41, 5.74) is 7.03. The summed E-state index contributed by atoms with van der Waals surface area (Å²) in [7, 11) is 0. The highest BCUT2D eigenvalue weighted by Gasteiger charge is 2.38. The molecule has 1 aliphatic rings. The molecule has 2 rings (SSSR count). The second-order valence-electron chi connectivity index (χ2n) is 4.19. The number of aldehydes is 1. The van der Waals surface area contributed by atoms with E-state index in [1.54, 1.807) is 6.07 Å². The number of halogens is 1. The molecule has 3 heteroatoms. The van der Waals surface area contributed by atoms with E-state index in [9.17, 15) is 9.18 Å². The summed E-state index contributed by atoms with van der Waals surface area (Å²) in [6.45, 7) is 0.527. The van der Waals surface area contributed by atoms with Crippen molar-refractivity contribution in [3.05, 3.63) is 35.1 Å². The number of carbonyl (C=O) groups excluding carboxylic acids is 1. The second-order valence-corrected chi connectivity index (χ2v) is 4.19. The normalized spacial score (nSPS) is 18.3. The zero-order valence-electron chi connectivity index (χ0n) is 8.50. The highest BCUT2D eigenvalue weighted by molar-refractivity contribution is 5.78. The zero-order chi connectivity index (χ0) is 10.9. The molecule has 80 valence electrons. The molecule has 2 nitrogen and oxygen atoms in total. The molecule has 0 saturated heterocycles. The van der Waals surface area contributed by atoms with Crippen molar-refractivity contribution in [2.75, 3.05) is 6.54 Å². The van der Waals surface area contributed by atoms with Crippen LogP contribution in [-0.4, -0.2) is 12.8 Å². The van der Waals surface area contributed by atoms with E-state index in [1.807, 2.05) is 0 Å². The standard InChI is InChI=1S/C12H14FNO/c13-10-2-3-11(9(6-10)7-15)12(8-14)4-1-5-12/h2-3,6-7H,1,4-5,8,14H2. The van der Waals surface area contributed by atoms with Crippen LogP contribution in [0.5, 0.6) is 0 Å². The van der Waals surface area contributed by atoms with E-state index >= 15 is 0 Å². The van der Waals surface area contributed by atoms with Gasteiger partial charge in [-0.05, 0) is 30.5 Å². The van der Waals surface area contributed by atoms with Crippen LogP contribution in [0.25, 0.3) is 0 Å². The summed E-state index contributed by atoms with van der Waals surface area (Å²) >= 11 is 0. The molecule has 15 heavy (non-hydrogen) atoms. The Labute approximate surface area is 88.3 Å². The van der Waals surface area contributed by atoms with Gasteiger partial charge >= 0.3 is 0 Å². The first-order valence-electron chi connectivity index (χ1n) is 5.17. The molecule has 0 radical (unpaired) electrons. The fraction of sp³-hybridized carbons (Fsp3) is 0.417. The van der Waals surface area contributed by atoms with Gasteiger partial charge in [-0.25, -0.2) is 4.39 Å². The average Bonchev–Trinajstić information content (AvgIpc) is 2.19. The van der Waals surface area contributed by atoms with Gasteiger partial charge in [0.15, 0.2) is 0 Å². The molecular weight excluding hydrogens is 193 g/mol. The van der Waals surface area contributed by atoms with Crippen molar-refractivity contribution in [3.63, 3.8) is 0 Å². The zero-order valence-corrected chi connectivity index (χ0v) is 8.50. The summed E-state index contributed by atoms with van der Waals surface area (Å²) in [6.07, 6.45) is 3.84. The number of carbonyl (C=O) groups is 1. The number of rotatable bonds is 3. The Morgan fingerprint density at radius 1 is 1.47 bits per heavy atom. The second kappa shape index (κ2) is 3.74. The van der Waals surface area contributed by atoms with Crippen molar-refractivity contribution in [2.24, 2.45) is 5.73 Å². The predicted molar refractivity (Wildman–Crippen MR) is 56.4 cm³/mol. The quantitative estimate of drug-likeness (QED) is 0.770. The molecule has 2 N–H and O–H groups in total. The van der Waals surface area contributed by atoms with Gasteiger partial charge in [0.1, 0.15) is 12.1 Å². The van der Waals surface area contributed by atoms with Crippen molar-refractivity contribution < 1.29 is 9.18 Å². The average molecular weight is 207 g/mol. The van der Waals surface area contributed by atoms with E-state index in [0.29, 0.717) is 18.4 Å². The molecule has 0 aliphatic heterocycles. The van der Waals surface area contributed by atoms with Gasteiger partial charge in [0.25, 0.3) is 0 Å². The molecule has 0 heterocycles. The Bertz CT molecular complexity index is 380. The Balaban J connectivity index is 2.46. The Morgan fingerprint density at radius 2 is 2.20 bits per heavy atom. The SMILES string of the molecule is NCC1(c2ccc(F)cc2C=O)CCC1. The van der Waals surface area contributed by atoms with Crippen LogP contribution in [-0.2, 0) is 5.41 Å². The maximum Gasteiger partial charge on any atom is 0.150 e. The van der Waals surface area contributed by atoms with Crippen LogP contribution < -0.4 is 5.73 Å². The molecule has 1 fully saturated rings. The monoisotopic (exact) mass is 207 g/mol. The topological polar surface area (TPSA) is 43.1 Å². The minimum Gasteiger partial charge on any atom is -0.330 e. The lowest BCUT2D eigenvalue weighted by Gasteiger charge is -2.42. The molecule has 0 atom stereocenters. The van der Waals surface area contributed by atoms with Crippen LogP contribution in [0.1, 0.15) is 35.2 Å². The molecule has 0 unspecified atom stereocenters. The molecule has 1 aromatic rings. The molecule has 1 aliphatic carbocycles. The third-order valence-corrected chi connectivity index (χ3v) is 3.41. The molecule has 1 aromatic carbocycles. The van der Waals surface area contributed by atoms with Crippen molar-refractivity contribution in [3.8, 4) is 0 Å². The lowest BCUT2D eigenvalue weighted by molar-refractivity contribution is 0.111. The molecule has 0 aromatic heterocycles. The van der Waals surface area contributed by atoms with Crippen LogP contribution >= 0.6 is 0 Å². The third kappa shape index (κ3) is 1.57. The van der Waals surface area contributed by atoms with Crippen molar-refractivity contribution in [2.45, 2.75) is 24.7 Å². The van der Waals surface area contributed by atoms with Gasteiger partial charge in [-0.2, -0.15) is 0 Å². The first-order chi connectivity index (χ1) is 7.22. The minimum absolute atomic E-state index is 0.0794. The largest absolute Gasteiger partial charge is 0.330 e. The summed E-state index contributed by atoms with van der Waals surface area (Å²) in [5, 5.41) is 0. The molecule has 0 amide bonds. The van der Waals surface area contributed by atoms with Gasteiger partial charge in [0, 0.05) is 17.5 Å². The van der Waals surface area contributed by atoms with E-state index in [2.05, 4.69) is 0 Å². The summed E-state index contributed by atoms with van der Waals surface area (Å²) in [5.74, 6) is -0.368. The lowest BCUT2D eigenvalue weighted by atomic mass is 9.63. The fourth-order valence-corrected chi connectivity index (χ4v) is 2.30. The van der Waals surface area contributed by atoms with Crippen LogP contribution in [0.4, 0.5) is 4.39 Å². The van der Waals surface area contributed by atoms with Gasteiger partial charge in [-0.15, -0.1) is 0 Å². The van der Waals surface area contributed by atoms with E-state index in [-0.39, 0.29) is 11.2 Å². The minimum atomic E-state index is -0.368. The molecular formula is C12H14FNO. The van der Waals surface area contributed by atoms with Gasteiger partial charge in [-0.3, -0.25) is 4.79 Å². The highest BCUT2D eigenvalue weighted by atomic mass is 19.1. The fourth-order valence-electron chi connectivity index (χ4n) is 2.30. The van der Waals surface area contributed by atoms with Gasteiger partial charge < -0.3 is 5.73 Å². The first kappa shape index (κ1) is 10.3. The smallest absolute Gasteiger partial charge is 0.150 e. The maximum atomic E-state index is 13.0. The number of hydrogen-bond donors (Lipinski definition) is 1. The first-order valence-corrected chi connectivity index (χ1v) is 5.17. The van der Waals surface area contributed by atoms with Crippen LogP contribution in [0.15, 0.2) is 18.2 Å². The Morgan fingerprint density at radius 3 is 2.67 bits per heavy atom. The summed E-state index contributed by atoms with van der Waals surface area (Å²) in [6, 6.07) is 4.39. The molecule has 1 saturated carbocycles. The van der Waals surface area contributed by atoms with E-state index < -0.39 is 0 Å². The molecule has 0 spiro atoms. The molecule has 0 bridgehead atoms. The highest BCUT2D eigenvalue weighted by Crippen LogP contribution is 2.43. The number of benzene rings is 1. The van der Waals surface area contributed by atoms with E-state index in [4.69, 9.17) is 5.73 Å². The summed E-state index contributed by atoms with van der Waals surface area (Å²) in [4.78, 5) is 10.9. The van der Waals surface area contributed by atoms with Crippen molar-refractivity contribution in [1.82, 2.24) is 0 Å². The van der Waals surface area contributed by atoms with Crippen LogP contribution in [0.2, 0.25) is 0 Å². The summed E-state index contributed by atoms with van der Waals surface area (Å²) < 4.78 is 13.0. The van der Waals surface area contributed by atoms with Gasteiger partial charge in [0.05, 0.1) is 0 Å². The maximum absolute atomic E-state index is 13.0. The van der Waals surface area contributed by atoms with Crippen LogP contribution in [0, 0.1) is 5.82 Å². The van der Waals surface area contributed by atoms with Crippen molar-refractivity contribution in [1.29, 1.82) is 0 Å². The third-order valence-electron chi connectivity index (χ3n) is 3.41. The van der Waals surface area contributed by atoms with Crippen molar-refractivity contribution >= 4 is 6.29 Å². The van der Waals surface area contributed by atoms with E-state index in [1.165, 1.54) is 12.1 Å². The lowest BCUT2D eigenvalue weighted by Crippen LogP contribution is -2.42. The Kier molecular flexibility index (Phi) is 2.57. The Hall–Kier alpha value is -1.22. The van der Waals surface area contributed by atoms with E-state index in [0.717, 1.165) is 24.8 Å². The number of nitrogens with two attached hydrogens (primary N) is 1. The predicted octanol–water partition coefficient (Wildman–Crippen LogP) is 2.02. The van der Waals surface area contributed by atoms with Gasteiger partial charge in [-0.1, -0.05) is 12.5 Å². The van der Waals surface area contributed by atoms with Gasteiger partial charge in [0.2, 0.25) is 0 Å². The van der Waals surface area contributed by atoms with Crippen LogP contribution in [0.3, 0.4) is 0 Å². The number of hydrogen-bond acceptors (Lipinski definition) is 2.